The summed E-state index contributed by atoms with van der Waals surface area (Å²) in [5.74, 6) is -0.873. The predicted octanol–water partition coefficient (Wildman–Crippen LogP) is -2.69. The molecule has 0 bridgehead atoms. The van der Waals surface area contributed by atoms with Crippen molar-refractivity contribution in [2.24, 2.45) is 5.73 Å². The third kappa shape index (κ3) is 3.00. The summed E-state index contributed by atoms with van der Waals surface area (Å²) in [6.07, 6.45) is -0.103. The Bertz CT molecular complexity index is 219. The van der Waals surface area contributed by atoms with E-state index in [1.165, 1.54) is 0 Å². The summed E-state index contributed by atoms with van der Waals surface area (Å²) in [5, 5.41) is 14.3. The van der Waals surface area contributed by atoms with E-state index >= 15 is 0 Å². The SMILES string of the molecule is NC(=O)CNC(=O)C1CC(O)CN1. The van der Waals surface area contributed by atoms with Crippen LogP contribution in [0.3, 0.4) is 0 Å². The molecule has 1 aliphatic rings. The number of aliphatic hydroxyl groups excluding tert-OH is 1. The van der Waals surface area contributed by atoms with Crippen molar-refractivity contribution in [3.05, 3.63) is 0 Å². The molecule has 74 valence electrons. The quantitative estimate of drug-likeness (QED) is 0.386. The normalized spacial score (nSPS) is 27.2. The van der Waals surface area contributed by atoms with Crippen LogP contribution in [0.5, 0.6) is 0 Å². The zero-order valence-corrected chi connectivity index (χ0v) is 7.12. The van der Waals surface area contributed by atoms with Crippen LogP contribution in [-0.4, -0.2) is 42.2 Å². The number of carbonyl (C=O) groups is 2. The Balaban J connectivity index is 2.27. The van der Waals surface area contributed by atoms with Gasteiger partial charge in [0.05, 0.1) is 18.7 Å². The predicted molar refractivity (Wildman–Crippen MR) is 44.6 cm³/mol. The van der Waals surface area contributed by atoms with Gasteiger partial charge in [-0.25, -0.2) is 0 Å². The van der Waals surface area contributed by atoms with Crippen molar-refractivity contribution in [3.63, 3.8) is 0 Å². The molecule has 0 aromatic heterocycles. The van der Waals surface area contributed by atoms with Gasteiger partial charge < -0.3 is 21.5 Å². The van der Waals surface area contributed by atoms with Crippen LogP contribution in [0.2, 0.25) is 0 Å². The lowest BCUT2D eigenvalue weighted by Crippen LogP contribution is -2.43. The largest absolute Gasteiger partial charge is 0.392 e. The molecule has 2 unspecified atom stereocenters. The van der Waals surface area contributed by atoms with Crippen molar-refractivity contribution in [3.8, 4) is 0 Å². The molecule has 1 saturated heterocycles. The van der Waals surface area contributed by atoms with E-state index in [4.69, 9.17) is 10.8 Å². The van der Waals surface area contributed by atoms with Crippen LogP contribution in [0.1, 0.15) is 6.42 Å². The van der Waals surface area contributed by atoms with Crippen molar-refractivity contribution < 1.29 is 14.7 Å². The first kappa shape index (κ1) is 9.94. The van der Waals surface area contributed by atoms with Crippen molar-refractivity contribution >= 4 is 11.8 Å². The number of aliphatic hydroxyl groups is 1. The Kier molecular flexibility index (Phi) is 3.21. The van der Waals surface area contributed by atoms with E-state index in [1.54, 1.807) is 0 Å². The highest BCUT2D eigenvalue weighted by Crippen LogP contribution is 2.05. The molecular weight excluding hydrogens is 174 g/mol. The lowest BCUT2D eigenvalue weighted by Gasteiger charge is -2.08. The number of primary amides is 1. The molecule has 6 heteroatoms. The second-order valence-corrected chi connectivity index (χ2v) is 3.03. The van der Waals surface area contributed by atoms with Crippen LogP contribution < -0.4 is 16.4 Å². The van der Waals surface area contributed by atoms with Gasteiger partial charge in [0.2, 0.25) is 11.8 Å². The molecule has 5 N–H and O–H groups in total. The molecule has 0 aromatic carbocycles. The topological polar surface area (TPSA) is 104 Å². The van der Waals surface area contributed by atoms with Crippen molar-refractivity contribution in [2.45, 2.75) is 18.6 Å². The first-order valence-electron chi connectivity index (χ1n) is 4.07. The molecule has 0 spiro atoms. The van der Waals surface area contributed by atoms with Crippen molar-refractivity contribution in [1.82, 2.24) is 10.6 Å². The number of nitrogens with two attached hydrogens (primary N) is 1. The van der Waals surface area contributed by atoms with Gasteiger partial charge in [0.1, 0.15) is 0 Å². The highest BCUT2D eigenvalue weighted by atomic mass is 16.3. The van der Waals surface area contributed by atoms with Crippen molar-refractivity contribution in [2.75, 3.05) is 13.1 Å². The average Bonchev–Trinajstić information content (AvgIpc) is 2.47. The maximum Gasteiger partial charge on any atom is 0.237 e. The molecule has 0 saturated carbocycles. The molecule has 2 atom stereocenters. The van der Waals surface area contributed by atoms with E-state index in [9.17, 15) is 9.59 Å². The van der Waals surface area contributed by atoms with E-state index in [1.807, 2.05) is 0 Å². The number of hydrogen-bond donors (Lipinski definition) is 4. The Hall–Kier alpha value is -1.14. The maximum absolute atomic E-state index is 11.2. The first-order chi connectivity index (χ1) is 6.09. The highest BCUT2D eigenvalue weighted by molar-refractivity contribution is 5.86. The number of β-amino-alcohol motifs (C(OH)–C–C–N with tert-alkyl or cyclic N) is 1. The fraction of sp³-hybridized carbons (Fsp3) is 0.714. The molecule has 0 aromatic rings. The fourth-order valence-electron chi connectivity index (χ4n) is 1.21. The maximum atomic E-state index is 11.2. The molecule has 1 heterocycles. The van der Waals surface area contributed by atoms with Crippen LogP contribution in [0.15, 0.2) is 0 Å². The number of carbonyl (C=O) groups excluding carboxylic acids is 2. The van der Waals surface area contributed by atoms with Gasteiger partial charge >= 0.3 is 0 Å². The van der Waals surface area contributed by atoms with Gasteiger partial charge in [0, 0.05) is 6.54 Å². The minimum absolute atomic E-state index is 0.160. The summed E-state index contributed by atoms with van der Waals surface area (Å²) in [5.41, 5.74) is 4.84. The van der Waals surface area contributed by atoms with Gasteiger partial charge in [-0.3, -0.25) is 9.59 Å². The lowest BCUT2D eigenvalue weighted by molar-refractivity contribution is -0.126. The van der Waals surface area contributed by atoms with Gasteiger partial charge in [-0.05, 0) is 6.42 Å². The fourth-order valence-corrected chi connectivity index (χ4v) is 1.21. The minimum Gasteiger partial charge on any atom is -0.392 e. The smallest absolute Gasteiger partial charge is 0.237 e. The van der Waals surface area contributed by atoms with Crippen LogP contribution >= 0.6 is 0 Å². The third-order valence-electron chi connectivity index (χ3n) is 1.86. The Morgan fingerprint density at radius 1 is 1.62 bits per heavy atom. The zero-order valence-electron chi connectivity index (χ0n) is 7.12. The van der Waals surface area contributed by atoms with Gasteiger partial charge in [-0.2, -0.15) is 0 Å². The molecule has 0 aliphatic carbocycles. The summed E-state index contributed by atoms with van der Waals surface area (Å²) >= 11 is 0. The number of amides is 2. The second-order valence-electron chi connectivity index (χ2n) is 3.03. The van der Waals surface area contributed by atoms with Crippen LogP contribution in [0, 0.1) is 0 Å². The molecule has 2 amide bonds. The van der Waals surface area contributed by atoms with E-state index < -0.39 is 18.1 Å². The summed E-state index contributed by atoms with van der Waals surface area (Å²) in [6, 6.07) is -0.408. The van der Waals surface area contributed by atoms with Gasteiger partial charge in [-0.1, -0.05) is 0 Å². The van der Waals surface area contributed by atoms with Gasteiger partial charge in [-0.15, -0.1) is 0 Å². The first-order valence-corrected chi connectivity index (χ1v) is 4.07. The Morgan fingerprint density at radius 2 is 2.31 bits per heavy atom. The molecule has 0 radical (unpaired) electrons. The molecule has 1 rings (SSSR count). The summed E-state index contributed by atoms with van der Waals surface area (Å²) < 4.78 is 0. The Morgan fingerprint density at radius 3 is 2.77 bits per heavy atom. The van der Waals surface area contributed by atoms with Crippen LogP contribution in [0.4, 0.5) is 0 Å². The van der Waals surface area contributed by atoms with Crippen molar-refractivity contribution in [1.29, 1.82) is 0 Å². The third-order valence-corrected chi connectivity index (χ3v) is 1.86. The summed E-state index contributed by atoms with van der Waals surface area (Å²) in [6.45, 7) is 0.252. The molecule has 1 aliphatic heterocycles. The summed E-state index contributed by atoms with van der Waals surface area (Å²) in [4.78, 5) is 21.5. The van der Waals surface area contributed by atoms with E-state index in [0.717, 1.165) is 0 Å². The summed E-state index contributed by atoms with van der Waals surface area (Å²) in [7, 11) is 0. The molecule has 6 nitrogen and oxygen atoms in total. The monoisotopic (exact) mass is 187 g/mol. The molecular formula is C7H13N3O3. The van der Waals surface area contributed by atoms with E-state index in [0.29, 0.717) is 13.0 Å². The van der Waals surface area contributed by atoms with E-state index in [-0.39, 0.29) is 12.5 Å². The highest BCUT2D eigenvalue weighted by Gasteiger charge is 2.27. The average molecular weight is 187 g/mol. The Labute approximate surface area is 75.5 Å². The molecule has 1 fully saturated rings. The second kappa shape index (κ2) is 4.20. The lowest BCUT2D eigenvalue weighted by atomic mass is 10.2. The zero-order chi connectivity index (χ0) is 9.84. The van der Waals surface area contributed by atoms with E-state index in [2.05, 4.69) is 10.6 Å². The number of nitrogens with one attached hydrogen (secondary N) is 2. The minimum atomic E-state index is -0.577. The van der Waals surface area contributed by atoms with Crippen LogP contribution in [-0.2, 0) is 9.59 Å². The number of rotatable bonds is 3. The standard InChI is InChI=1S/C7H13N3O3/c8-6(12)3-10-7(13)5-1-4(11)2-9-5/h4-5,9,11H,1-3H2,(H2,8,12)(H,10,13). The number of hydrogen-bond acceptors (Lipinski definition) is 4. The van der Waals surface area contributed by atoms with Gasteiger partial charge in [0.25, 0.3) is 0 Å². The van der Waals surface area contributed by atoms with Gasteiger partial charge in [0.15, 0.2) is 0 Å². The molecule has 13 heavy (non-hydrogen) atoms. The van der Waals surface area contributed by atoms with Crippen LogP contribution in [0.25, 0.3) is 0 Å².